The van der Waals surface area contributed by atoms with Gasteiger partial charge in [0.2, 0.25) is 0 Å². The highest BCUT2D eigenvalue weighted by atomic mass is 35.5. The highest BCUT2D eigenvalue weighted by Crippen LogP contribution is 2.27. The summed E-state index contributed by atoms with van der Waals surface area (Å²) in [4.78, 5) is 14.1. The van der Waals surface area contributed by atoms with E-state index in [9.17, 15) is 9.90 Å². The fraction of sp³-hybridized carbons (Fsp3) is 0.562. The molecule has 0 saturated carbocycles. The van der Waals surface area contributed by atoms with Crippen molar-refractivity contribution in [1.82, 2.24) is 4.90 Å². The molecule has 21 heavy (non-hydrogen) atoms. The number of rotatable bonds is 4. The first-order valence-corrected chi connectivity index (χ1v) is 7.75. The van der Waals surface area contributed by atoms with Crippen LogP contribution < -0.4 is 4.74 Å². The average Bonchev–Trinajstić information content (AvgIpc) is 2.49. The molecule has 1 saturated heterocycles. The maximum Gasteiger partial charge on any atom is 0.263 e. The Morgan fingerprint density at radius 3 is 2.62 bits per heavy atom. The summed E-state index contributed by atoms with van der Waals surface area (Å²) in [5.74, 6) is 0.454. The van der Waals surface area contributed by atoms with Crippen LogP contribution in [0.1, 0.15) is 33.1 Å². The highest BCUT2D eigenvalue weighted by Gasteiger charge is 2.34. The van der Waals surface area contributed by atoms with Gasteiger partial charge in [0, 0.05) is 13.1 Å². The summed E-state index contributed by atoms with van der Waals surface area (Å²) in [6.45, 7) is 4.84. The zero-order valence-corrected chi connectivity index (χ0v) is 13.3. The van der Waals surface area contributed by atoms with Gasteiger partial charge in [-0.25, -0.2) is 0 Å². The predicted octanol–water partition coefficient (Wildman–Crippen LogP) is 2.87. The van der Waals surface area contributed by atoms with Crippen molar-refractivity contribution in [2.75, 3.05) is 13.1 Å². The van der Waals surface area contributed by atoms with Gasteiger partial charge in [0.25, 0.3) is 5.91 Å². The van der Waals surface area contributed by atoms with E-state index in [1.807, 2.05) is 19.1 Å². The molecule has 2 rings (SSSR count). The number of piperidine rings is 1. The number of para-hydroxylation sites is 1. The normalized spacial score (nSPS) is 19.1. The molecule has 1 aliphatic heterocycles. The molecule has 1 aromatic rings. The van der Waals surface area contributed by atoms with Gasteiger partial charge in [0.1, 0.15) is 5.75 Å². The lowest BCUT2D eigenvalue weighted by Gasteiger charge is -2.38. The van der Waals surface area contributed by atoms with E-state index in [0.717, 1.165) is 6.42 Å². The first kappa shape index (κ1) is 16.1. The smallest absolute Gasteiger partial charge is 0.263 e. The van der Waals surface area contributed by atoms with Crippen molar-refractivity contribution >= 4 is 17.5 Å². The van der Waals surface area contributed by atoms with Crippen molar-refractivity contribution in [2.45, 2.75) is 44.8 Å². The number of hydrogen-bond acceptors (Lipinski definition) is 3. The molecule has 4 nitrogen and oxygen atoms in total. The lowest BCUT2D eigenvalue weighted by molar-refractivity contribution is -0.142. The van der Waals surface area contributed by atoms with Crippen LogP contribution in [0.25, 0.3) is 0 Å². The van der Waals surface area contributed by atoms with Gasteiger partial charge in [0.05, 0.1) is 10.6 Å². The maximum absolute atomic E-state index is 12.4. The lowest BCUT2D eigenvalue weighted by Crippen LogP contribution is -2.49. The van der Waals surface area contributed by atoms with Crippen molar-refractivity contribution in [2.24, 2.45) is 0 Å². The van der Waals surface area contributed by atoms with E-state index in [0.29, 0.717) is 36.7 Å². The number of hydrogen-bond donors (Lipinski definition) is 1. The van der Waals surface area contributed by atoms with Gasteiger partial charge in [-0.2, -0.15) is 0 Å². The Hall–Kier alpha value is -1.26. The Morgan fingerprint density at radius 2 is 2.05 bits per heavy atom. The molecule has 0 aromatic heterocycles. The van der Waals surface area contributed by atoms with E-state index in [4.69, 9.17) is 16.3 Å². The minimum Gasteiger partial charge on any atom is -0.479 e. The number of halogens is 1. The molecule has 1 N–H and O–H groups in total. The largest absolute Gasteiger partial charge is 0.479 e. The summed E-state index contributed by atoms with van der Waals surface area (Å²) >= 11 is 6.03. The monoisotopic (exact) mass is 311 g/mol. The fourth-order valence-corrected chi connectivity index (χ4v) is 2.72. The van der Waals surface area contributed by atoms with Crippen LogP contribution in [0.3, 0.4) is 0 Å². The van der Waals surface area contributed by atoms with Gasteiger partial charge in [-0.15, -0.1) is 0 Å². The third kappa shape index (κ3) is 3.89. The van der Waals surface area contributed by atoms with Crippen LogP contribution in [-0.2, 0) is 4.79 Å². The molecular formula is C16H22ClNO3. The number of likely N-dealkylation sites (tertiary alicyclic amines) is 1. The molecule has 5 heteroatoms. The summed E-state index contributed by atoms with van der Waals surface area (Å²) in [5, 5.41) is 10.7. The molecule has 1 amide bonds. The third-order valence-electron chi connectivity index (χ3n) is 4.15. The number of aliphatic hydroxyl groups is 1. The number of ether oxygens (including phenoxy) is 1. The Bertz CT molecular complexity index is 498. The van der Waals surface area contributed by atoms with Crippen molar-refractivity contribution < 1.29 is 14.6 Å². The summed E-state index contributed by atoms with van der Waals surface area (Å²) < 4.78 is 5.65. The standard InChI is InChI=1S/C16H22ClNO3/c1-3-16(20)8-10-18(11-9-16)15(19)12(2)21-14-7-5-4-6-13(14)17/h4-7,12,20H,3,8-11H2,1-2H3. The van der Waals surface area contributed by atoms with Gasteiger partial charge in [-0.1, -0.05) is 30.7 Å². The van der Waals surface area contributed by atoms with Crippen LogP contribution in [0.2, 0.25) is 5.02 Å². The Balaban J connectivity index is 1.93. The number of benzene rings is 1. The van der Waals surface area contributed by atoms with Crippen molar-refractivity contribution in [3.63, 3.8) is 0 Å². The fourth-order valence-electron chi connectivity index (χ4n) is 2.54. The van der Waals surface area contributed by atoms with Crippen molar-refractivity contribution in [3.05, 3.63) is 29.3 Å². The van der Waals surface area contributed by atoms with E-state index < -0.39 is 11.7 Å². The van der Waals surface area contributed by atoms with E-state index in [1.54, 1.807) is 24.0 Å². The van der Waals surface area contributed by atoms with Crippen molar-refractivity contribution in [1.29, 1.82) is 0 Å². The molecule has 1 aromatic carbocycles. The summed E-state index contributed by atoms with van der Waals surface area (Å²) in [5.41, 5.74) is -0.621. The molecule has 1 fully saturated rings. The molecule has 1 heterocycles. The van der Waals surface area contributed by atoms with Crippen LogP contribution >= 0.6 is 11.6 Å². The van der Waals surface area contributed by atoms with Crippen LogP contribution in [0, 0.1) is 0 Å². The predicted molar refractivity (Wildman–Crippen MR) is 82.6 cm³/mol. The Labute approximate surface area is 130 Å². The van der Waals surface area contributed by atoms with E-state index in [2.05, 4.69) is 0 Å². The molecule has 0 bridgehead atoms. The zero-order chi connectivity index (χ0) is 15.5. The number of amides is 1. The second-order valence-electron chi connectivity index (χ2n) is 5.59. The van der Waals surface area contributed by atoms with Gasteiger partial charge in [-0.05, 0) is 38.3 Å². The molecule has 1 unspecified atom stereocenters. The van der Waals surface area contributed by atoms with E-state index >= 15 is 0 Å². The minimum absolute atomic E-state index is 0.0620. The number of carbonyl (C=O) groups is 1. The molecule has 0 spiro atoms. The SMILES string of the molecule is CCC1(O)CCN(C(=O)C(C)Oc2ccccc2Cl)CC1. The zero-order valence-electron chi connectivity index (χ0n) is 12.5. The van der Waals surface area contributed by atoms with Crippen LogP contribution in [0.4, 0.5) is 0 Å². The molecule has 1 atom stereocenters. The third-order valence-corrected chi connectivity index (χ3v) is 4.46. The minimum atomic E-state index is -0.621. The van der Waals surface area contributed by atoms with Crippen molar-refractivity contribution in [3.8, 4) is 5.75 Å². The summed E-state index contributed by atoms with van der Waals surface area (Å²) in [6.07, 6.45) is 1.38. The first-order chi connectivity index (χ1) is 9.95. The quantitative estimate of drug-likeness (QED) is 0.930. The molecule has 0 aliphatic carbocycles. The second-order valence-corrected chi connectivity index (χ2v) is 6.00. The second kappa shape index (κ2) is 6.67. The van der Waals surface area contributed by atoms with Crippen LogP contribution in [-0.4, -0.2) is 40.7 Å². The van der Waals surface area contributed by atoms with E-state index in [1.165, 1.54) is 0 Å². The molecule has 1 aliphatic rings. The topological polar surface area (TPSA) is 49.8 Å². The van der Waals surface area contributed by atoms with Crippen LogP contribution in [0.5, 0.6) is 5.75 Å². The number of nitrogens with zero attached hydrogens (tertiary/aromatic N) is 1. The molecule has 0 radical (unpaired) electrons. The average molecular weight is 312 g/mol. The first-order valence-electron chi connectivity index (χ1n) is 7.37. The van der Waals surface area contributed by atoms with Crippen LogP contribution in [0.15, 0.2) is 24.3 Å². The maximum atomic E-state index is 12.4. The summed E-state index contributed by atoms with van der Waals surface area (Å²) in [7, 11) is 0. The molecule has 116 valence electrons. The van der Waals surface area contributed by atoms with E-state index in [-0.39, 0.29) is 5.91 Å². The van der Waals surface area contributed by atoms with Gasteiger partial charge < -0.3 is 14.7 Å². The van der Waals surface area contributed by atoms with Gasteiger partial charge in [-0.3, -0.25) is 4.79 Å². The van der Waals surface area contributed by atoms with Gasteiger partial charge in [0.15, 0.2) is 6.10 Å². The number of carbonyl (C=O) groups excluding carboxylic acids is 1. The highest BCUT2D eigenvalue weighted by molar-refractivity contribution is 6.32. The molecular weight excluding hydrogens is 290 g/mol. The lowest BCUT2D eigenvalue weighted by atomic mass is 9.89. The van der Waals surface area contributed by atoms with Gasteiger partial charge >= 0.3 is 0 Å². The Morgan fingerprint density at radius 1 is 1.43 bits per heavy atom. The summed E-state index contributed by atoms with van der Waals surface area (Å²) in [6, 6.07) is 7.12. The Kier molecular flexibility index (Phi) is 5.12.